The van der Waals surface area contributed by atoms with E-state index in [1.807, 2.05) is 0 Å². The van der Waals surface area contributed by atoms with Crippen molar-refractivity contribution in [3.8, 4) is 0 Å². The van der Waals surface area contributed by atoms with E-state index in [2.05, 4.69) is 20.8 Å². The van der Waals surface area contributed by atoms with Crippen LogP contribution in [0.4, 0.5) is 0 Å². The van der Waals surface area contributed by atoms with Crippen LogP contribution < -0.4 is 17.0 Å². The Hall–Kier alpha value is 1.25. The molecule has 2 heteroatoms. The fourth-order valence-electron chi connectivity index (χ4n) is 0.553. The van der Waals surface area contributed by atoms with Gasteiger partial charge in [0.1, 0.15) is 0 Å². The van der Waals surface area contributed by atoms with Gasteiger partial charge in [0, 0.05) is 0 Å². The van der Waals surface area contributed by atoms with Gasteiger partial charge in [-0.25, -0.2) is 0 Å². The first kappa shape index (κ1) is 16.7. The van der Waals surface area contributed by atoms with Crippen molar-refractivity contribution in [1.82, 2.24) is 0 Å². The summed E-state index contributed by atoms with van der Waals surface area (Å²) in [6, 6.07) is 0. The average molecular weight is 203 g/mol. The van der Waals surface area contributed by atoms with Gasteiger partial charge in [-0.1, -0.05) is 26.7 Å². The van der Waals surface area contributed by atoms with Gasteiger partial charge in [0.05, 0.1) is 0 Å². The Morgan fingerprint density at radius 1 is 1.44 bits per heavy atom. The average Bonchev–Trinajstić information content (AvgIpc) is 1.68. The van der Waals surface area contributed by atoms with Gasteiger partial charge in [-0.05, 0) is 5.92 Å². The monoisotopic (exact) mass is 202 g/mol. The van der Waals surface area contributed by atoms with Crippen LogP contribution in [0, 0.1) is 12.8 Å². The molecule has 0 bridgehead atoms. The Morgan fingerprint density at radius 2 is 1.89 bits per heavy atom. The second-order valence-electron chi connectivity index (χ2n) is 2.16. The molecule has 0 amide bonds. The zero-order chi connectivity index (χ0) is 5.70. The van der Waals surface area contributed by atoms with Gasteiger partial charge >= 0.3 is 23.1 Å². The van der Waals surface area contributed by atoms with Gasteiger partial charge in [0.2, 0.25) is 0 Å². The maximum atomic E-state index is 3.77. The Bertz CT molecular complexity index is 39.9. The standard InChI is InChI=1S/C7H15.BrH.Mg/c1-4-6-7(3)5-2;;/h7H,1,4-6H2,2-3H3;1H;/q-1;;+2/p-1. The molecule has 0 N–H and O–H groups in total. The SMILES string of the molecule is [Br-].[CH2-]CCC(C)CC.[Mg+2]. The Kier molecular flexibility index (Phi) is 22.2. The van der Waals surface area contributed by atoms with Crippen LogP contribution in [-0.4, -0.2) is 23.1 Å². The molecule has 0 heterocycles. The molecule has 0 fully saturated rings. The van der Waals surface area contributed by atoms with Crippen LogP contribution in [0.2, 0.25) is 0 Å². The first-order valence-corrected chi connectivity index (χ1v) is 3.10. The summed E-state index contributed by atoms with van der Waals surface area (Å²) in [5, 5.41) is 0. The van der Waals surface area contributed by atoms with E-state index in [1.54, 1.807) is 0 Å². The summed E-state index contributed by atoms with van der Waals surface area (Å²) in [5.41, 5.74) is 0. The van der Waals surface area contributed by atoms with Crippen LogP contribution in [0.1, 0.15) is 33.1 Å². The Balaban J connectivity index is -0.000000180. The molecule has 1 atom stereocenters. The van der Waals surface area contributed by atoms with E-state index in [9.17, 15) is 0 Å². The summed E-state index contributed by atoms with van der Waals surface area (Å²) in [7, 11) is 0. The molecule has 0 rings (SSSR count). The molecule has 0 saturated heterocycles. The summed E-state index contributed by atoms with van der Waals surface area (Å²) in [6.45, 7) is 8.27. The quantitative estimate of drug-likeness (QED) is 0.419. The molecule has 0 nitrogen and oxygen atoms in total. The first-order chi connectivity index (χ1) is 3.31. The van der Waals surface area contributed by atoms with Crippen LogP contribution in [0.3, 0.4) is 0 Å². The molecule has 1 unspecified atom stereocenters. The molecule has 0 radical (unpaired) electrons. The third-order valence-corrected chi connectivity index (χ3v) is 1.39. The molecule has 9 heavy (non-hydrogen) atoms. The summed E-state index contributed by atoms with van der Waals surface area (Å²) < 4.78 is 0. The summed E-state index contributed by atoms with van der Waals surface area (Å²) >= 11 is 0. The Morgan fingerprint density at radius 3 is 2.00 bits per heavy atom. The third kappa shape index (κ3) is 12.4. The van der Waals surface area contributed by atoms with Gasteiger partial charge in [-0.15, -0.1) is 0 Å². The molecular formula is C7H15BrMg. The van der Waals surface area contributed by atoms with Crippen LogP contribution in [-0.2, 0) is 0 Å². The van der Waals surface area contributed by atoms with Crippen molar-refractivity contribution in [3.63, 3.8) is 0 Å². The maximum absolute atomic E-state index is 3.77. The van der Waals surface area contributed by atoms with Crippen molar-refractivity contribution in [3.05, 3.63) is 6.92 Å². The van der Waals surface area contributed by atoms with E-state index in [0.29, 0.717) is 0 Å². The molecule has 0 aromatic carbocycles. The van der Waals surface area contributed by atoms with E-state index < -0.39 is 0 Å². The van der Waals surface area contributed by atoms with Crippen molar-refractivity contribution in [2.45, 2.75) is 33.1 Å². The van der Waals surface area contributed by atoms with Crippen LogP contribution in [0.15, 0.2) is 0 Å². The van der Waals surface area contributed by atoms with Gasteiger partial charge in [-0.2, -0.15) is 6.42 Å². The zero-order valence-electron chi connectivity index (χ0n) is 6.49. The predicted octanol–water partition coefficient (Wildman–Crippen LogP) is -0.730. The normalized spacial score (nSPS) is 11.0. The maximum Gasteiger partial charge on any atom is 2.00 e. The molecule has 0 saturated carbocycles. The minimum Gasteiger partial charge on any atom is -1.00 e. The summed E-state index contributed by atoms with van der Waals surface area (Å²) in [5.74, 6) is 0.887. The smallest absolute Gasteiger partial charge is 1.00 e. The molecule has 0 aromatic rings. The van der Waals surface area contributed by atoms with Crippen LogP contribution >= 0.6 is 0 Å². The number of halogens is 1. The Labute approximate surface area is 85.7 Å². The second-order valence-corrected chi connectivity index (χ2v) is 2.16. The second kappa shape index (κ2) is 12.0. The van der Waals surface area contributed by atoms with Gasteiger partial charge in [-0.3, -0.25) is 0 Å². The third-order valence-electron chi connectivity index (χ3n) is 1.39. The number of hydrogen-bond donors (Lipinski definition) is 0. The molecule has 0 aromatic heterocycles. The fraction of sp³-hybridized carbons (Fsp3) is 0.857. The molecule has 52 valence electrons. The fourth-order valence-corrected chi connectivity index (χ4v) is 0.553. The van der Waals surface area contributed by atoms with Crippen molar-refractivity contribution in [2.75, 3.05) is 0 Å². The van der Waals surface area contributed by atoms with Crippen molar-refractivity contribution >= 4 is 23.1 Å². The minimum atomic E-state index is 0. The largest absolute Gasteiger partial charge is 2.00 e. The molecule has 0 aliphatic carbocycles. The topological polar surface area (TPSA) is 0 Å². The van der Waals surface area contributed by atoms with E-state index >= 15 is 0 Å². The van der Waals surface area contributed by atoms with E-state index in [1.165, 1.54) is 12.8 Å². The van der Waals surface area contributed by atoms with Crippen molar-refractivity contribution < 1.29 is 17.0 Å². The minimum absolute atomic E-state index is 0. The van der Waals surface area contributed by atoms with Crippen molar-refractivity contribution in [1.29, 1.82) is 0 Å². The summed E-state index contributed by atoms with van der Waals surface area (Å²) in [6.07, 6.45) is 3.68. The van der Waals surface area contributed by atoms with E-state index in [-0.39, 0.29) is 40.0 Å². The first-order valence-electron chi connectivity index (χ1n) is 3.10. The predicted molar refractivity (Wildman–Crippen MR) is 39.8 cm³/mol. The zero-order valence-corrected chi connectivity index (χ0v) is 9.49. The molecule has 0 spiro atoms. The number of hydrogen-bond acceptors (Lipinski definition) is 0. The molecular weight excluding hydrogens is 188 g/mol. The number of rotatable bonds is 3. The van der Waals surface area contributed by atoms with E-state index in [4.69, 9.17) is 0 Å². The van der Waals surface area contributed by atoms with E-state index in [0.717, 1.165) is 12.3 Å². The van der Waals surface area contributed by atoms with Gasteiger partial charge in [0.15, 0.2) is 0 Å². The van der Waals surface area contributed by atoms with Gasteiger partial charge < -0.3 is 23.9 Å². The molecule has 0 aliphatic heterocycles. The van der Waals surface area contributed by atoms with Crippen LogP contribution in [0.25, 0.3) is 0 Å². The van der Waals surface area contributed by atoms with Gasteiger partial charge in [0.25, 0.3) is 0 Å². The van der Waals surface area contributed by atoms with Crippen molar-refractivity contribution in [2.24, 2.45) is 5.92 Å². The summed E-state index contributed by atoms with van der Waals surface area (Å²) in [4.78, 5) is 0. The molecule has 0 aliphatic rings. The van der Waals surface area contributed by atoms with Crippen LogP contribution in [0.5, 0.6) is 0 Å².